The van der Waals surface area contributed by atoms with Gasteiger partial charge in [0.15, 0.2) is 0 Å². The molecule has 0 fully saturated rings. The van der Waals surface area contributed by atoms with Gasteiger partial charge in [0.2, 0.25) is 0 Å². The normalized spacial score (nSPS) is 10.9. The summed E-state index contributed by atoms with van der Waals surface area (Å²) >= 11 is 0. The number of unbranched alkanes of at least 4 members (excludes halogenated alkanes) is 5. The Morgan fingerprint density at radius 3 is 1.52 bits per heavy atom. The Hall–Kier alpha value is -1.53. The first-order chi connectivity index (χ1) is 12.3. The van der Waals surface area contributed by atoms with Gasteiger partial charge in [-0.05, 0) is 55.4 Å². The fourth-order valence-corrected chi connectivity index (χ4v) is 5.35. The summed E-state index contributed by atoms with van der Waals surface area (Å²) in [7, 11) is 3.12. The molecule has 0 amide bonds. The fourth-order valence-electron chi connectivity index (χ4n) is 2.98. The summed E-state index contributed by atoms with van der Waals surface area (Å²) < 4.78 is 10.6. The van der Waals surface area contributed by atoms with Crippen LogP contribution in [-0.2, 0) is 0 Å². The largest absolute Gasteiger partial charge is 0.497 e. The highest BCUT2D eigenvalue weighted by molar-refractivity contribution is 7.73. The number of hydrogen-bond donors (Lipinski definition) is 0. The summed E-state index contributed by atoms with van der Waals surface area (Å²) in [5, 5.41) is 2.85. The van der Waals surface area contributed by atoms with Crippen molar-refractivity contribution in [3.05, 3.63) is 48.5 Å². The number of methoxy groups -OCH3 is 2. The average molecular weight is 358 g/mol. The Bertz CT molecular complexity index is 545. The van der Waals surface area contributed by atoms with Gasteiger partial charge in [-0.2, -0.15) is 0 Å². The summed E-state index contributed by atoms with van der Waals surface area (Å²) in [4.78, 5) is 0. The highest BCUT2D eigenvalue weighted by atomic mass is 31.1. The minimum atomic E-state index is -0.321. The van der Waals surface area contributed by atoms with Crippen LogP contribution in [0.3, 0.4) is 0 Å². The summed E-state index contributed by atoms with van der Waals surface area (Å²) in [5.74, 6) is 1.85. The van der Waals surface area contributed by atoms with Crippen molar-refractivity contribution in [3.8, 4) is 11.5 Å². The molecule has 2 aromatic rings. The lowest BCUT2D eigenvalue weighted by Gasteiger charge is -2.19. The molecule has 0 bridgehead atoms. The van der Waals surface area contributed by atoms with Gasteiger partial charge in [0.25, 0.3) is 0 Å². The highest BCUT2D eigenvalue weighted by Crippen LogP contribution is 2.36. The third-order valence-electron chi connectivity index (χ3n) is 4.50. The second kappa shape index (κ2) is 11.2. The minimum Gasteiger partial charge on any atom is -0.497 e. The monoisotopic (exact) mass is 358 g/mol. The molecule has 25 heavy (non-hydrogen) atoms. The summed E-state index contributed by atoms with van der Waals surface area (Å²) in [6.07, 6.45) is 9.30. The van der Waals surface area contributed by atoms with Gasteiger partial charge in [0.05, 0.1) is 14.2 Å². The summed E-state index contributed by atoms with van der Waals surface area (Å²) in [6, 6.07) is 17.2. The van der Waals surface area contributed by atoms with E-state index < -0.39 is 0 Å². The molecular weight excluding hydrogens is 327 g/mol. The van der Waals surface area contributed by atoms with Gasteiger partial charge >= 0.3 is 0 Å². The molecule has 0 aliphatic rings. The lowest BCUT2D eigenvalue weighted by Crippen LogP contribution is -2.14. The van der Waals surface area contributed by atoms with Crippen molar-refractivity contribution in [2.45, 2.75) is 45.4 Å². The Morgan fingerprint density at radius 2 is 1.08 bits per heavy atom. The lowest BCUT2D eigenvalue weighted by molar-refractivity contribution is 0.415. The Kier molecular flexibility index (Phi) is 8.83. The number of hydrogen-bond acceptors (Lipinski definition) is 2. The second-order valence-corrected chi connectivity index (χ2v) is 8.65. The zero-order chi connectivity index (χ0) is 17.9. The first-order valence-corrected chi connectivity index (χ1v) is 10.9. The van der Waals surface area contributed by atoms with E-state index in [4.69, 9.17) is 9.47 Å². The molecule has 0 aromatic heterocycles. The van der Waals surface area contributed by atoms with E-state index in [1.165, 1.54) is 55.3 Å². The molecule has 0 saturated heterocycles. The molecule has 0 N–H and O–H groups in total. The first-order valence-electron chi connectivity index (χ1n) is 9.34. The van der Waals surface area contributed by atoms with Gasteiger partial charge in [0, 0.05) is 0 Å². The standard InChI is InChI=1S/C22H31O2P/c1-4-5-6-7-8-9-18-25(21-14-10-19(23-2)11-15-21)22-16-12-20(24-3)13-17-22/h10-17H,4-9,18H2,1-3H3. The Morgan fingerprint density at radius 1 is 0.640 bits per heavy atom. The molecule has 3 heteroatoms. The zero-order valence-corrected chi connectivity index (χ0v) is 16.7. The topological polar surface area (TPSA) is 18.5 Å². The van der Waals surface area contributed by atoms with Crippen molar-refractivity contribution >= 4 is 18.5 Å². The van der Waals surface area contributed by atoms with Crippen molar-refractivity contribution in [2.75, 3.05) is 20.4 Å². The van der Waals surface area contributed by atoms with E-state index in [0.29, 0.717) is 0 Å². The van der Waals surface area contributed by atoms with Crippen LogP contribution in [0.15, 0.2) is 48.5 Å². The molecule has 0 radical (unpaired) electrons. The van der Waals surface area contributed by atoms with Crippen LogP contribution in [0.5, 0.6) is 11.5 Å². The molecule has 0 spiro atoms. The van der Waals surface area contributed by atoms with Crippen molar-refractivity contribution in [1.82, 2.24) is 0 Å². The lowest BCUT2D eigenvalue weighted by atomic mass is 10.1. The van der Waals surface area contributed by atoms with Gasteiger partial charge in [-0.25, -0.2) is 0 Å². The molecule has 2 rings (SSSR count). The molecule has 0 aliphatic heterocycles. The van der Waals surface area contributed by atoms with E-state index >= 15 is 0 Å². The summed E-state index contributed by atoms with van der Waals surface area (Å²) in [6.45, 7) is 2.27. The van der Waals surface area contributed by atoms with Gasteiger partial charge in [0.1, 0.15) is 11.5 Å². The van der Waals surface area contributed by atoms with Gasteiger partial charge in [-0.3, -0.25) is 0 Å². The van der Waals surface area contributed by atoms with Crippen LogP contribution in [0.25, 0.3) is 0 Å². The first kappa shape index (κ1) is 19.8. The highest BCUT2D eigenvalue weighted by Gasteiger charge is 2.14. The van der Waals surface area contributed by atoms with Crippen molar-refractivity contribution in [2.24, 2.45) is 0 Å². The molecule has 2 nitrogen and oxygen atoms in total. The van der Waals surface area contributed by atoms with Crippen LogP contribution in [-0.4, -0.2) is 20.4 Å². The SMILES string of the molecule is CCCCCCCCP(c1ccc(OC)cc1)c1ccc(OC)cc1. The molecule has 0 unspecified atom stereocenters. The van der Waals surface area contributed by atoms with Crippen LogP contribution in [0.2, 0.25) is 0 Å². The Labute approximate surface area is 154 Å². The van der Waals surface area contributed by atoms with Gasteiger partial charge < -0.3 is 9.47 Å². The maximum Gasteiger partial charge on any atom is 0.118 e. The molecule has 0 heterocycles. The average Bonchev–Trinajstić information content (AvgIpc) is 2.68. The van der Waals surface area contributed by atoms with E-state index in [0.717, 1.165) is 11.5 Å². The molecule has 2 aromatic carbocycles. The van der Waals surface area contributed by atoms with E-state index in [-0.39, 0.29) is 7.92 Å². The number of rotatable bonds is 11. The fraction of sp³-hybridized carbons (Fsp3) is 0.455. The zero-order valence-electron chi connectivity index (χ0n) is 15.8. The van der Waals surface area contributed by atoms with Crippen LogP contribution in [0.4, 0.5) is 0 Å². The minimum absolute atomic E-state index is 0.321. The smallest absolute Gasteiger partial charge is 0.118 e. The second-order valence-electron chi connectivity index (χ2n) is 6.32. The van der Waals surface area contributed by atoms with Crippen LogP contribution < -0.4 is 20.1 Å². The van der Waals surface area contributed by atoms with E-state index in [2.05, 4.69) is 55.5 Å². The number of benzene rings is 2. The van der Waals surface area contributed by atoms with Gasteiger partial charge in [-0.15, -0.1) is 0 Å². The third-order valence-corrected chi connectivity index (χ3v) is 7.11. The van der Waals surface area contributed by atoms with Crippen LogP contribution in [0, 0.1) is 0 Å². The van der Waals surface area contributed by atoms with Crippen LogP contribution >= 0.6 is 7.92 Å². The van der Waals surface area contributed by atoms with E-state index in [9.17, 15) is 0 Å². The molecule has 0 saturated carbocycles. The third kappa shape index (κ3) is 6.36. The van der Waals surface area contributed by atoms with Gasteiger partial charge in [-0.1, -0.05) is 63.3 Å². The maximum atomic E-state index is 5.31. The summed E-state index contributed by atoms with van der Waals surface area (Å²) in [5.41, 5.74) is 0. The van der Waals surface area contributed by atoms with Crippen molar-refractivity contribution in [3.63, 3.8) is 0 Å². The van der Waals surface area contributed by atoms with Crippen LogP contribution in [0.1, 0.15) is 45.4 Å². The predicted molar refractivity (Wildman–Crippen MR) is 110 cm³/mol. The van der Waals surface area contributed by atoms with E-state index in [1.54, 1.807) is 14.2 Å². The quantitative estimate of drug-likeness (QED) is 0.390. The van der Waals surface area contributed by atoms with E-state index in [1.807, 2.05) is 0 Å². The molecule has 0 atom stereocenters. The maximum absolute atomic E-state index is 5.31. The molecule has 136 valence electrons. The number of ether oxygens (including phenoxy) is 2. The molecule has 0 aliphatic carbocycles. The predicted octanol–water partition coefficient (Wildman–Crippen LogP) is 5.50. The molecular formula is C22H31O2P. The van der Waals surface area contributed by atoms with Crippen molar-refractivity contribution < 1.29 is 9.47 Å². The van der Waals surface area contributed by atoms with Crippen molar-refractivity contribution in [1.29, 1.82) is 0 Å². The Balaban J connectivity index is 2.06.